The SMILES string of the molecule is CCOc1cc(CNc2cccc(C)c2C)cc(Br)c1OCC(=O)Nc1ccc(C)c(Cl)c1. The maximum Gasteiger partial charge on any atom is 0.262 e. The molecule has 0 aliphatic carbocycles. The zero-order chi connectivity index (χ0) is 24.0. The van der Waals surface area contributed by atoms with Gasteiger partial charge in [-0.2, -0.15) is 0 Å². The van der Waals surface area contributed by atoms with Gasteiger partial charge in [0.25, 0.3) is 5.91 Å². The van der Waals surface area contributed by atoms with Crippen LogP contribution in [0.25, 0.3) is 0 Å². The number of nitrogens with one attached hydrogen (secondary N) is 2. The standard InChI is InChI=1S/C26H28BrClN2O3/c1-5-32-24-12-19(14-29-23-8-6-7-16(2)18(23)4)11-21(27)26(24)33-15-25(31)30-20-10-9-17(3)22(28)13-20/h6-13,29H,5,14-15H2,1-4H3,(H,30,31). The Balaban J connectivity index is 1.69. The van der Waals surface area contributed by atoms with Gasteiger partial charge in [-0.25, -0.2) is 0 Å². The molecule has 0 fully saturated rings. The van der Waals surface area contributed by atoms with Crippen molar-refractivity contribution in [3.05, 3.63) is 80.3 Å². The number of aryl methyl sites for hydroxylation is 2. The van der Waals surface area contributed by atoms with Gasteiger partial charge in [-0.1, -0.05) is 29.8 Å². The Morgan fingerprint density at radius 1 is 1.03 bits per heavy atom. The molecule has 0 saturated heterocycles. The van der Waals surface area contributed by atoms with Crippen molar-refractivity contribution in [3.8, 4) is 11.5 Å². The lowest BCUT2D eigenvalue weighted by atomic mass is 10.1. The molecule has 3 aromatic rings. The molecule has 0 heterocycles. The normalized spacial score (nSPS) is 10.6. The minimum absolute atomic E-state index is 0.162. The van der Waals surface area contributed by atoms with Crippen LogP contribution in [0.5, 0.6) is 11.5 Å². The lowest BCUT2D eigenvalue weighted by Gasteiger charge is -2.17. The zero-order valence-corrected chi connectivity index (χ0v) is 21.6. The third-order valence-electron chi connectivity index (χ3n) is 5.26. The molecule has 1 amide bonds. The van der Waals surface area contributed by atoms with Crippen LogP contribution in [0.4, 0.5) is 11.4 Å². The molecule has 0 bridgehead atoms. The molecule has 2 N–H and O–H groups in total. The van der Waals surface area contributed by atoms with E-state index in [1.807, 2.05) is 38.1 Å². The smallest absolute Gasteiger partial charge is 0.262 e. The van der Waals surface area contributed by atoms with Crippen LogP contribution in [-0.2, 0) is 11.3 Å². The predicted molar refractivity (Wildman–Crippen MR) is 139 cm³/mol. The van der Waals surface area contributed by atoms with Crippen molar-refractivity contribution in [2.75, 3.05) is 23.8 Å². The number of carbonyl (C=O) groups is 1. The van der Waals surface area contributed by atoms with E-state index in [9.17, 15) is 4.79 Å². The van der Waals surface area contributed by atoms with E-state index in [0.717, 1.165) is 21.3 Å². The lowest BCUT2D eigenvalue weighted by molar-refractivity contribution is -0.118. The summed E-state index contributed by atoms with van der Waals surface area (Å²) in [6.07, 6.45) is 0. The minimum atomic E-state index is -0.287. The first kappa shape index (κ1) is 24.9. The number of ether oxygens (including phenoxy) is 2. The van der Waals surface area contributed by atoms with Gasteiger partial charge in [-0.15, -0.1) is 0 Å². The highest BCUT2D eigenvalue weighted by Gasteiger charge is 2.15. The molecule has 0 aromatic heterocycles. The van der Waals surface area contributed by atoms with Crippen LogP contribution < -0.4 is 20.1 Å². The van der Waals surface area contributed by atoms with E-state index in [1.165, 1.54) is 11.1 Å². The fraction of sp³-hybridized carbons (Fsp3) is 0.269. The van der Waals surface area contributed by atoms with E-state index < -0.39 is 0 Å². The van der Waals surface area contributed by atoms with Gasteiger partial charge in [-0.3, -0.25) is 4.79 Å². The van der Waals surface area contributed by atoms with Crippen LogP contribution >= 0.6 is 27.5 Å². The van der Waals surface area contributed by atoms with Gasteiger partial charge in [0, 0.05) is 22.9 Å². The van der Waals surface area contributed by atoms with Crippen molar-refractivity contribution in [2.45, 2.75) is 34.2 Å². The van der Waals surface area contributed by atoms with Crippen LogP contribution in [0.2, 0.25) is 5.02 Å². The van der Waals surface area contributed by atoms with Gasteiger partial charge in [0.15, 0.2) is 18.1 Å². The summed E-state index contributed by atoms with van der Waals surface area (Å²) >= 11 is 9.70. The first-order valence-corrected chi connectivity index (χ1v) is 11.9. The van der Waals surface area contributed by atoms with Crippen molar-refractivity contribution in [1.29, 1.82) is 0 Å². The van der Waals surface area contributed by atoms with E-state index in [0.29, 0.717) is 35.4 Å². The Morgan fingerprint density at radius 2 is 1.82 bits per heavy atom. The van der Waals surface area contributed by atoms with Crippen molar-refractivity contribution < 1.29 is 14.3 Å². The van der Waals surface area contributed by atoms with Gasteiger partial charge in [0.05, 0.1) is 11.1 Å². The summed E-state index contributed by atoms with van der Waals surface area (Å²) in [5.41, 5.74) is 6.16. The van der Waals surface area contributed by atoms with Gasteiger partial charge < -0.3 is 20.1 Å². The van der Waals surface area contributed by atoms with E-state index in [4.69, 9.17) is 21.1 Å². The van der Waals surface area contributed by atoms with E-state index in [2.05, 4.69) is 52.5 Å². The number of hydrogen-bond acceptors (Lipinski definition) is 4. The molecule has 0 unspecified atom stereocenters. The van der Waals surface area contributed by atoms with Crippen LogP contribution in [0.15, 0.2) is 53.0 Å². The van der Waals surface area contributed by atoms with E-state index >= 15 is 0 Å². The predicted octanol–water partition coefficient (Wildman–Crippen LogP) is 7.06. The maximum absolute atomic E-state index is 12.4. The number of halogens is 2. The third kappa shape index (κ3) is 6.65. The van der Waals surface area contributed by atoms with Crippen molar-refractivity contribution in [2.24, 2.45) is 0 Å². The fourth-order valence-electron chi connectivity index (χ4n) is 3.27. The minimum Gasteiger partial charge on any atom is -0.490 e. The summed E-state index contributed by atoms with van der Waals surface area (Å²) in [5, 5.41) is 6.87. The summed E-state index contributed by atoms with van der Waals surface area (Å²) < 4.78 is 12.3. The summed E-state index contributed by atoms with van der Waals surface area (Å²) in [7, 11) is 0. The molecule has 0 spiro atoms. The topological polar surface area (TPSA) is 59.6 Å². The second-order valence-electron chi connectivity index (χ2n) is 7.74. The quantitative estimate of drug-likeness (QED) is 0.310. The number of hydrogen-bond donors (Lipinski definition) is 2. The Hall–Kier alpha value is -2.70. The van der Waals surface area contributed by atoms with Gasteiger partial charge in [0.1, 0.15) is 0 Å². The van der Waals surface area contributed by atoms with Crippen LogP contribution in [0.3, 0.4) is 0 Å². The van der Waals surface area contributed by atoms with Gasteiger partial charge >= 0.3 is 0 Å². The van der Waals surface area contributed by atoms with Crippen molar-refractivity contribution in [3.63, 3.8) is 0 Å². The summed E-state index contributed by atoms with van der Waals surface area (Å²) in [6.45, 7) is 8.95. The number of benzene rings is 3. The first-order chi connectivity index (χ1) is 15.8. The average molecular weight is 532 g/mol. The summed E-state index contributed by atoms with van der Waals surface area (Å²) in [4.78, 5) is 12.4. The Bertz CT molecular complexity index is 1150. The third-order valence-corrected chi connectivity index (χ3v) is 6.26. The maximum atomic E-state index is 12.4. The second kappa shape index (κ2) is 11.4. The van der Waals surface area contributed by atoms with E-state index in [-0.39, 0.29) is 12.5 Å². The number of carbonyl (C=O) groups excluding carboxylic acids is 1. The Kier molecular flexibility index (Phi) is 8.64. The molecule has 3 aromatic carbocycles. The molecule has 0 saturated carbocycles. The Morgan fingerprint density at radius 3 is 2.55 bits per heavy atom. The lowest BCUT2D eigenvalue weighted by Crippen LogP contribution is -2.20. The highest BCUT2D eigenvalue weighted by atomic mass is 79.9. The Labute approximate surface area is 208 Å². The zero-order valence-electron chi connectivity index (χ0n) is 19.2. The molecule has 5 nitrogen and oxygen atoms in total. The molecule has 33 heavy (non-hydrogen) atoms. The molecular formula is C26H28BrClN2O3. The van der Waals surface area contributed by atoms with Crippen molar-refractivity contribution in [1.82, 2.24) is 0 Å². The fourth-order valence-corrected chi connectivity index (χ4v) is 4.06. The molecule has 0 atom stereocenters. The average Bonchev–Trinajstić information content (AvgIpc) is 2.77. The second-order valence-corrected chi connectivity index (χ2v) is 9.00. The first-order valence-electron chi connectivity index (χ1n) is 10.7. The molecule has 3 rings (SSSR count). The number of rotatable bonds is 9. The van der Waals surface area contributed by atoms with Crippen molar-refractivity contribution >= 4 is 44.8 Å². The largest absolute Gasteiger partial charge is 0.490 e. The van der Waals surface area contributed by atoms with Crippen LogP contribution in [0.1, 0.15) is 29.2 Å². The molecule has 0 aliphatic heterocycles. The van der Waals surface area contributed by atoms with Gasteiger partial charge in [0.2, 0.25) is 0 Å². The van der Waals surface area contributed by atoms with E-state index in [1.54, 1.807) is 12.1 Å². The summed E-state index contributed by atoms with van der Waals surface area (Å²) in [6, 6.07) is 15.5. The number of anilines is 2. The van der Waals surface area contributed by atoms with Crippen LogP contribution in [0, 0.1) is 20.8 Å². The molecular weight excluding hydrogens is 504 g/mol. The molecule has 174 valence electrons. The molecule has 7 heteroatoms. The molecule has 0 radical (unpaired) electrons. The highest BCUT2D eigenvalue weighted by molar-refractivity contribution is 9.10. The number of amides is 1. The van der Waals surface area contributed by atoms with Gasteiger partial charge in [-0.05, 0) is 96.2 Å². The summed E-state index contributed by atoms with van der Waals surface area (Å²) in [5.74, 6) is 0.783. The monoisotopic (exact) mass is 530 g/mol. The highest BCUT2D eigenvalue weighted by Crippen LogP contribution is 2.37. The molecule has 0 aliphatic rings. The van der Waals surface area contributed by atoms with Crippen LogP contribution in [-0.4, -0.2) is 19.1 Å².